The molecule has 4 nitrogen and oxygen atoms in total. The van der Waals surface area contributed by atoms with E-state index < -0.39 is 11.6 Å². The number of carbonyl (C=O) groups is 1. The van der Waals surface area contributed by atoms with Crippen LogP contribution in [0.5, 0.6) is 0 Å². The van der Waals surface area contributed by atoms with Crippen molar-refractivity contribution in [2.75, 3.05) is 0 Å². The monoisotopic (exact) mass is 314 g/mol. The number of nitrogens with one attached hydrogen (secondary N) is 1. The zero-order valence-electron chi connectivity index (χ0n) is 13.0. The summed E-state index contributed by atoms with van der Waals surface area (Å²) in [6, 6.07) is 9.39. The summed E-state index contributed by atoms with van der Waals surface area (Å²) in [6.07, 6.45) is 1.36. The minimum Gasteiger partial charge on any atom is -0.391 e. The molecule has 0 saturated heterocycles. The van der Waals surface area contributed by atoms with Gasteiger partial charge in [-0.1, -0.05) is 43.7 Å². The molecule has 0 saturated carbocycles. The molecule has 0 aliphatic rings. The summed E-state index contributed by atoms with van der Waals surface area (Å²) in [5.74, 6) is -0.209. The Morgan fingerprint density at radius 2 is 1.95 bits per heavy atom. The van der Waals surface area contributed by atoms with Crippen LogP contribution in [0.3, 0.4) is 0 Å². The van der Waals surface area contributed by atoms with Gasteiger partial charge >= 0.3 is 0 Å². The lowest BCUT2D eigenvalue weighted by atomic mass is 9.95. The zero-order chi connectivity index (χ0) is 15.2. The van der Waals surface area contributed by atoms with Crippen LogP contribution in [0.4, 0.5) is 0 Å². The lowest BCUT2D eigenvalue weighted by Gasteiger charge is -2.27. The van der Waals surface area contributed by atoms with Crippen LogP contribution in [0.2, 0.25) is 0 Å². The summed E-state index contributed by atoms with van der Waals surface area (Å²) in [5, 5.41) is 13.0. The van der Waals surface area contributed by atoms with Gasteiger partial charge in [0.15, 0.2) is 0 Å². The Hall–Kier alpha value is -1.10. The second kappa shape index (κ2) is 9.03. The fourth-order valence-electron chi connectivity index (χ4n) is 2.13. The maximum atomic E-state index is 12.1. The molecule has 0 aliphatic carbocycles. The van der Waals surface area contributed by atoms with E-state index in [2.05, 4.69) is 5.32 Å². The summed E-state index contributed by atoms with van der Waals surface area (Å²) in [5.41, 5.74) is 6.15. The number of nitrogens with two attached hydrogens (primary N) is 1. The van der Waals surface area contributed by atoms with Gasteiger partial charge in [-0.2, -0.15) is 0 Å². The van der Waals surface area contributed by atoms with Crippen molar-refractivity contribution in [1.29, 1.82) is 0 Å². The largest absolute Gasteiger partial charge is 0.391 e. The standard InChI is InChI=1S/C16H26N2O2.ClH/c1-4-10-16(3,17)15(20)18-12(2)14(19)11-13-8-6-5-7-9-13;/h5-9,12,14,19H,4,10-11,17H2,1-3H3,(H,18,20);1H. The van der Waals surface area contributed by atoms with Crippen LogP contribution < -0.4 is 11.1 Å². The van der Waals surface area contributed by atoms with Crippen LogP contribution in [0, 0.1) is 0 Å². The second-order valence-corrected chi connectivity index (χ2v) is 5.69. The third-order valence-electron chi connectivity index (χ3n) is 3.51. The third-order valence-corrected chi connectivity index (χ3v) is 3.51. The van der Waals surface area contributed by atoms with Gasteiger partial charge in [0.2, 0.25) is 5.91 Å². The van der Waals surface area contributed by atoms with Crippen molar-refractivity contribution < 1.29 is 9.90 Å². The van der Waals surface area contributed by atoms with Gasteiger partial charge in [-0.15, -0.1) is 12.4 Å². The summed E-state index contributed by atoms with van der Waals surface area (Å²) in [7, 11) is 0. The number of rotatable bonds is 7. The van der Waals surface area contributed by atoms with Gasteiger partial charge in [-0.25, -0.2) is 0 Å². The van der Waals surface area contributed by atoms with E-state index in [1.807, 2.05) is 37.3 Å². The van der Waals surface area contributed by atoms with E-state index >= 15 is 0 Å². The number of benzene rings is 1. The quantitative estimate of drug-likeness (QED) is 0.721. The highest BCUT2D eigenvalue weighted by Gasteiger charge is 2.29. The lowest BCUT2D eigenvalue weighted by molar-refractivity contribution is -0.127. The zero-order valence-corrected chi connectivity index (χ0v) is 13.8. The van der Waals surface area contributed by atoms with Crippen molar-refractivity contribution in [3.8, 4) is 0 Å². The fraction of sp³-hybridized carbons (Fsp3) is 0.562. The van der Waals surface area contributed by atoms with E-state index in [1.165, 1.54) is 0 Å². The smallest absolute Gasteiger partial charge is 0.240 e. The van der Waals surface area contributed by atoms with Crippen molar-refractivity contribution in [3.05, 3.63) is 35.9 Å². The Balaban J connectivity index is 0.00000400. The van der Waals surface area contributed by atoms with Crippen molar-refractivity contribution in [3.63, 3.8) is 0 Å². The van der Waals surface area contributed by atoms with E-state index in [1.54, 1.807) is 13.8 Å². The number of amides is 1. The molecule has 0 heterocycles. The minimum absolute atomic E-state index is 0. The van der Waals surface area contributed by atoms with E-state index in [9.17, 15) is 9.90 Å². The molecule has 0 aromatic heterocycles. The molecule has 4 N–H and O–H groups in total. The highest BCUT2D eigenvalue weighted by atomic mass is 35.5. The molecular formula is C16H27ClN2O2. The molecule has 0 spiro atoms. The Morgan fingerprint density at radius 3 is 2.48 bits per heavy atom. The molecule has 120 valence electrons. The van der Waals surface area contributed by atoms with Gasteiger partial charge in [-0.3, -0.25) is 4.79 Å². The average molecular weight is 315 g/mol. The average Bonchev–Trinajstić information content (AvgIpc) is 2.39. The molecule has 0 aliphatic heterocycles. The minimum atomic E-state index is -0.879. The van der Waals surface area contributed by atoms with Gasteiger partial charge in [-0.05, 0) is 25.8 Å². The topological polar surface area (TPSA) is 75.4 Å². The molecule has 0 fully saturated rings. The highest BCUT2D eigenvalue weighted by molar-refractivity contribution is 5.86. The van der Waals surface area contributed by atoms with Crippen molar-refractivity contribution >= 4 is 18.3 Å². The van der Waals surface area contributed by atoms with Gasteiger partial charge in [0.05, 0.1) is 17.7 Å². The second-order valence-electron chi connectivity index (χ2n) is 5.69. The molecular weight excluding hydrogens is 288 g/mol. The van der Waals surface area contributed by atoms with Crippen LogP contribution in [0.15, 0.2) is 30.3 Å². The fourth-order valence-corrected chi connectivity index (χ4v) is 2.13. The molecule has 1 rings (SSSR count). The first kappa shape index (κ1) is 19.9. The van der Waals surface area contributed by atoms with Gasteiger partial charge in [0, 0.05) is 6.42 Å². The van der Waals surface area contributed by atoms with Crippen molar-refractivity contribution in [2.24, 2.45) is 5.73 Å². The van der Waals surface area contributed by atoms with Gasteiger partial charge in [0.1, 0.15) is 0 Å². The Bertz CT molecular complexity index is 424. The first-order chi connectivity index (χ1) is 9.36. The predicted octanol–water partition coefficient (Wildman–Crippen LogP) is 2.03. The van der Waals surface area contributed by atoms with Crippen molar-refractivity contribution in [2.45, 2.75) is 57.7 Å². The Kier molecular flexibility index (Phi) is 8.55. The molecule has 3 atom stereocenters. The number of hydrogen-bond acceptors (Lipinski definition) is 3. The number of aliphatic hydroxyl groups is 1. The molecule has 0 radical (unpaired) electrons. The normalized spacial score (nSPS) is 16.2. The first-order valence-electron chi connectivity index (χ1n) is 7.18. The van der Waals surface area contributed by atoms with E-state index in [0.717, 1.165) is 12.0 Å². The van der Waals surface area contributed by atoms with Gasteiger partial charge in [0.25, 0.3) is 0 Å². The molecule has 1 aromatic carbocycles. The van der Waals surface area contributed by atoms with Crippen LogP contribution in [-0.2, 0) is 11.2 Å². The maximum Gasteiger partial charge on any atom is 0.240 e. The summed E-state index contributed by atoms with van der Waals surface area (Å²) in [6.45, 7) is 5.52. The summed E-state index contributed by atoms with van der Waals surface area (Å²) < 4.78 is 0. The van der Waals surface area contributed by atoms with E-state index in [-0.39, 0.29) is 24.4 Å². The van der Waals surface area contributed by atoms with Crippen LogP contribution in [0.25, 0.3) is 0 Å². The number of aliphatic hydroxyl groups excluding tert-OH is 1. The number of halogens is 1. The maximum absolute atomic E-state index is 12.1. The van der Waals surface area contributed by atoms with Gasteiger partial charge < -0.3 is 16.2 Å². The summed E-state index contributed by atoms with van der Waals surface area (Å²) in [4.78, 5) is 12.1. The summed E-state index contributed by atoms with van der Waals surface area (Å²) >= 11 is 0. The SMILES string of the molecule is CCCC(C)(N)C(=O)NC(C)C(O)Cc1ccccc1.Cl. The van der Waals surface area contributed by atoms with Crippen LogP contribution >= 0.6 is 12.4 Å². The highest BCUT2D eigenvalue weighted by Crippen LogP contribution is 2.11. The van der Waals surface area contributed by atoms with E-state index in [0.29, 0.717) is 12.8 Å². The van der Waals surface area contributed by atoms with Crippen LogP contribution in [-0.4, -0.2) is 28.7 Å². The molecule has 21 heavy (non-hydrogen) atoms. The lowest BCUT2D eigenvalue weighted by Crippen LogP contribution is -2.55. The first-order valence-corrected chi connectivity index (χ1v) is 7.18. The van der Waals surface area contributed by atoms with Crippen molar-refractivity contribution in [1.82, 2.24) is 5.32 Å². The molecule has 1 amide bonds. The van der Waals surface area contributed by atoms with Crippen LogP contribution in [0.1, 0.15) is 39.2 Å². The molecule has 0 bridgehead atoms. The molecule has 1 aromatic rings. The molecule has 5 heteroatoms. The Morgan fingerprint density at radius 1 is 1.38 bits per heavy atom. The third kappa shape index (κ3) is 6.46. The number of carbonyl (C=O) groups excluding carboxylic acids is 1. The Labute approximate surface area is 133 Å². The van der Waals surface area contributed by atoms with E-state index in [4.69, 9.17) is 5.73 Å². The predicted molar refractivity (Wildman–Crippen MR) is 88.5 cm³/mol. The number of hydrogen-bond donors (Lipinski definition) is 3. The molecule has 3 unspecified atom stereocenters.